The first kappa shape index (κ1) is 15.7. The zero-order chi connectivity index (χ0) is 16.9. The first-order chi connectivity index (χ1) is 11.7. The summed E-state index contributed by atoms with van der Waals surface area (Å²) in [5, 5.41) is 23.4. The lowest BCUT2D eigenvalue weighted by Gasteiger charge is -2.36. The molecule has 2 aromatic rings. The Hall–Kier alpha value is -3.23. The zero-order valence-electron chi connectivity index (χ0n) is 12.8. The minimum absolute atomic E-state index is 0.0785. The van der Waals surface area contributed by atoms with Crippen molar-refractivity contribution in [2.24, 2.45) is 5.16 Å². The van der Waals surface area contributed by atoms with Crippen molar-refractivity contribution >= 4 is 17.2 Å². The Labute approximate surface area is 138 Å². The van der Waals surface area contributed by atoms with Crippen LogP contribution in [0, 0.1) is 10.1 Å². The lowest BCUT2D eigenvalue weighted by Crippen LogP contribution is -2.49. The minimum Gasteiger partial charge on any atom is -0.409 e. The normalized spacial score (nSPS) is 15.4. The van der Waals surface area contributed by atoms with Crippen molar-refractivity contribution in [3.8, 4) is 0 Å². The molecule has 2 heterocycles. The van der Waals surface area contributed by atoms with Gasteiger partial charge in [-0.3, -0.25) is 15.1 Å². The van der Waals surface area contributed by atoms with Crippen LogP contribution < -0.4 is 4.90 Å². The minimum atomic E-state index is -0.410. The molecule has 0 spiro atoms. The average Bonchev–Trinajstić information content (AvgIpc) is 2.64. The summed E-state index contributed by atoms with van der Waals surface area (Å²) in [7, 11) is 0. The van der Waals surface area contributed by atoms with Crippen molar-refractivity contribution in [1.82, 2.24) is 14.9 Å². The summed E-state index contributed by atoms with van der Waals surface area (Å²) in [6.07, 6.45) is 4.66. The number of anilines is 1. The van der Waals surface area contributed by atoms with Gasteiger partial charge in [-0.2, -0.15) is 0 Å². The standard InChI is InChI=1S/C15H16N6O3/c22-18-15(14-11-16-5-6-17-14)20-9-7-19(8-10-20)12-1-3-13(4-2-12)21(23)24/h1-6,11,22H,7-10H2/b18-15-. The number of hydrogen-bond acceptors (Lipinski definition) is 7. The van der Waals surface area contributed by atoms with Crippen LogP contribution in [0.25, 0.3) is 0 Å². The fourth-order valence-electron chi connectivity index (χ4n) is 2.65. The third kappa shape index (κ3) is 3.24. The largest absolute Gasteiger partial charge is 0.409 e. The van der Waals surface area contributed by atoms with E-state index < -0.39 is 4.92 Å². The predicted octanol–water partition coefficient (Wildman–Crippen LogP) is 1.34. The maximum atomic E-state index is 10.7. The highest BCUT2D eigenvalue weighted by atomic mass is 16.6. The highest BCUT2D eigenvalue weighted by molar-refractivity contribution is 5.96. The number of nitro groups is 1. The van der Waals surface area contributed by atoms with E-state index in [-0.39, 0.29) is 5.69 Å². The predicted molar refractivity (Wildman–Crippen MR) is 87.2 cm³/mol. The number of aromatic nitrogens is 2. The molecule has 9 nitrogen and oxygen atoms in total. The molecule has 0 saturated carbocycles. The van der Waals surface area contributed by atoms with Crippen LogP contribution in [0.5, 0.6) is 0 Å². The van der Waals surface area contributed by atoms with Crippen LogP contribution in [-0.4, -0.2) is 57.0 Å². The smallest absolute Gasteiger partial charge is 0.269 e. The van der Waals surface area contributed by atoms with Gasteiger partial charge in [0, 0.05) is 56.4 Å². The SMILES string of the molecule is O=[N+]([O-])c1ccc(N2CCN(/C(=N\O)c3cnccn3)CC2)cc1. The molecule has 24 heavy (non-hydrogen) atoms. The van der Waals surface area contributed by atoms with Gasteiger partial charge in [-0.15, -0.1) is 0 Å². The van der Waals surface area contributed by atoms with E-state index in [9.17, 15) is 15.3 Å². The molecule has 1 N–H and O–H groups in total. The summed E-state index contributed by atoms with van der Waals surface area (Å²) in [6, 6.07) is 6.50. The Morgan fingerprint density at radius 1 is 1.17 bits per heavy atom. The number of benzene rings is 1. The fourth-order valence-corrected chi connectivity index (χ4v) is 2.65. The number of non-ortho nitro benzene ring substituents is 1. The molecule has 3 rings (SSSR count). The molecule has 1 saturated heterocycles. The summed E-state index contributed by atoms with van der Waals surface area (Å²) < 4.78 is 0. The van der Waals surface area contributed by atoms with Crippen LogP contribution in [0.2, 0.25) is 0 Å². The number of amidine groups is 1. The van der Waals surface area contributed by atoms with Crippen molar-refractivity contribution in [1.29, 1.82) is 0 Å². The second-order valence-corrected chi connectivity index (χ2v) is 5.26. The Kier molecular flexibility index (Phi) is 4.50. The maximum absolute atomic E-state index is 10.7. The first-order valence-electron chi connectivity index (χ1n) is 7.42. The van der Waals surface area contributed by atoms with Gasteiger partial charge in [0.15, 0.2) is 5.84 Å². The molecule has 0 aliphatic carbocycles. The summed E-state index contributed by atoms with van der Waals surface area (Å²) in [5.41, 5.74) is 1.53. The van der Waals surface area contributed by atoms with Crippen LogP contribution in [0.15, 0.2) is 48.0 Å². The molecular weight excluding hydrogens is 312 g/mol. The van der Waals surface area contributed by atoms with E-state index in [4.69, 9.17) is 0 Å². The van der Waals surface area contributed by atoms with Crippen molar-refractivity contribution < 1.29 is 10.1 Å². The molecule has 1 aliphatic rings. The number of oxime groups is 1. The summed E-state index contributed by atoms with van der Waals surface area (Å²) in [5.74, 6) is 0.395. The van der Waals surface area contributed by atoms with Gasteiger partial charge in [-0.1, -0.05) is 5.16 Å². The lowest BCUT2D eigenvalue weighted by molar-refractivity contribution is -0.384. The topological polar surface area (TPSA) is 108 Å². The van der Waals surface area contributed by atoms with Gasteiger partial charge >= 0.3 is 0 Å². The highest BCUT2D eigenvalue weighted by Gasteiger charge is 2.22. The molecule has 1 aromatic carbocycles. The molecule has 9 heteroatoms. The highest BCUT2D eigenvalue weighted by Crippen LogP contribution is 2.21. The Balaban J connectivity index is 1.66. The van der Waals surface area contributed by atoms with Gasteiger partial charge in [-0.05, 0) is 12.1 Å². The number of piperazine rings is 1. The van der Waals surface area contributed by atoms with Crippen molar-refractivity contribution in [3.05, 3.63) is 58.7 Å². The van der Waals surface area contributed by atoms with Crippen LogP contribution in [0.4, 0.5) is 11.4 Å². The van der Waals surface area contributed by atoms with Gasteiger partial charge in [0.25, 0.3) is 5.69 Å². The van der Waals surface area contributed by atoms with E-state index in [1.54, 1.807) is 30.7 Å². The van der Waals surface area contributed by atoms with E-state index in [2.05, 4.69) is 20.0 Å². The second kappa shape index (κ2) is 6.90. The number of nitro benzene ring substituents is 1. The molecule has 0 bridgehead atoms. The van der Waals surface area contributed by atoms with Crippen molar-refractivity contribution in [2.45, 2.75) is 0 Å². The van der Waals surface area contributed by atoms with Gasteiger partial charge in [-0.25, -0.2) is 4.98 Å². The van der Waals surface area contributed by atoms with E-state index in [1.165, 1.54) is 12.1 Å². The Morgan fingerprint density at radius 2 is 1.88 bits per heavy atom. The number of nitrogens with zero attached hydrogens (tertiary/aromatic N) is 6. The Bertz CT molecular complexity index is 727. The van der Waals surface area contributed by atoms with E-state index in [0.29, 0.717) is 37.7 Å². The molecule has 1 aliphatic heterocycles. The summed E-state index contributed by atoms with van der Waals surface area (Å²) in [6.45, 7) is 2.70. The number of rotatable bonds is 3. The molecular formula is C15H16N6O3. The second-order valence-electron chi connectivity index (χ2n) is 5.26. The number of hydrogen-bond donors (Lipinski definition) is 1. The first-order valence-corrected chi connectivity index (χ1v) is 7.42. The fraction of sp³-hybridized carbons (Fsp3) is 0.267. The van der Waals surface area contributed by atoms with Crippen LogP contribution in [-0.2, 0) is 0 Å². The molecule has 0 amide bonds. The quantitative estimate of drug-likeness (QED) is 0.298. The van der Waals surface area contributed by atoms with Gasteiger partial charge in [0.05, 0.1) is 11.1 Å². The van der Waals surface area contributed by atoms with Crippen LogP contribution >= 0.6 is 0 Å². The molecule has 1 fully saturated rings. The maximum Gasteiger partial charge on any atom is 0.269 e. The van der Waals surface area contributed by atoms with Gasteiger partial charge in [0.2, 0.25) is 0 Å². The van der Waals surface area contributed by atoms with Crippen molar-refractivity contribution in [3.63, 3.8) is 0 Å². The molecule has 0 atom stereocenters. The molecule has 0 unspecified atom stereocenters. The van der Waals surface area contributed by atoms with E-state index >= 15 is 0 Å². The van der Waals surface area contributed by atoms with E-state index in [0.717, 1.165) is 5.69 Å². The van der Waals surface area contributed by atoms with Gasteiger partial charge < -0.3 is 15.0 Å². The Morgan fingerprint density at radius 3 is 2.42 bits per heavy atom. The zero-order valence-corrected chi connectivity index (χ0v) is 12.8. The monoisotopic (exact) mass is 328 g/mol. The lowest BCUT2D eigenvalue weighted by atomic mass is 10.2. The molecule has 0 radical (unpaired) electrons. The van der Waals surface area contributed by atoms with Gasteiger partial charge in [0.1, 0.15) is 5.69 Å². The average molecular weight is 328 g/mol. The van der Waals surface area contributed by atoms with Crippen molar-refractivity contribution in [2.75, 3.05) is 31.1 Å². The summed E-state index contributed by atoms with van der Waals surface area (Å²) >= 11 is 0. The molecule has 1 aromatic heterocycles. The third-order valence-electron chi connectivity index (χ3n) is 3.89. The summed E-state index contributed by atoms with van der Waals surface area (Å²) in [4.78, 5) is 22.5. The van der Waals surface area contributed by atoms with E-state index in [1.807, 2.05) is 4.90 Å². The van der Waals surface area contributed by atoms with Crippen LogP contribution in [0.3, 0.4) is 0 Å². The van der Waals surface area contributed by atoms with Crippen LogP contribution in [0.1, 0.15) is 5.69 Å². The molecule has 124 valence electrons. The third-order valence-corrected chi connectivity index (χ3v) is 3.89.